The Morgan fingerprint density at radius 2 is 1.78 bits per heavy atom. The molecule has 2 aliphatic carbocycles. The monoisotopic (exact) mass is 250 g/mol. The van der Waals surface area contributed by atoms with Gasteiger partial charge in [-0.3, -0.25) is 4.90 Å². The van der Waals surface area contributed by atoms with Gasteiger partial charge in [-0.1, -0.05) is 19.8 Å². The lowest BCUT2D eigenvalue weighted by atomic mass is 9.80. The van der Waals surface area contributed by atoms with Crippen molar-refractivity contribution in [2.75, 3.05) is 20.1 Å². The molecule has 104 valence electrons. The maximum Gasteiger partial charge on any atom is 0.0252 e. The third-order valence-corrected chi connectivity index (χ3v) is 6.10. The first-order chi connectivity index (χ1) is 8.81. The number of likely N-dealkylation sites (tertiary alicyclic amines) is 1. The number of nitrogens with zero attached hydrogens (tertiary/aromatic N) is 1. The van der Waals surface area contributed by atoms with Crippen molar-refractivity contribution >= 4 is 0 Å². The molecule has 0 bridgehead atoms. The molecule has 2 nitrogen and oxygen atoms in total. The Kier molecular flexibility index (Phi) is 3.95. The normalized spacial score (nSPS) is 45.3. The van der Waals surface area contributed by atoms with Crippen LogP contribution in [0, 0.1) is 17.8 Å². The lowest BCUT2D eigenvalue weighted by Crippen LogP contribution is -2.51. The van der Waals surface area contributed by atoms with Crippen molar-refractivity contribution in [2.45, 2.75) is 64.0 Å². The van der Waals surface area contributed by atoms with Crippen LogP contribution >= 0.6 is 0 Å². The van der Waals surface area contributed by atoms with E-state index in [4.69, 9.17) is 0 Å². The maximum atomic E-state index is 3.60. The lowest BCUT2D eigenvalue weighted by Gasteiger charge is -2.41. The molecular formula is C16H30N2. The second-order valence-electron chi connectivity index (χ2n) is 6.95. The van der Waals surface area contributed by atoms with Crippen LogP contribution in [0.5, 0.6) is 0 Å². The Balaban J connectivity index is 1.65. The second kappa shape index (κ2) is 5.50. The number of fused-ring (bicyclic) bond motifs is 1. The Morgan fingerprint density at radius 1 is 1.06 bits per heavy atom. The summed E-state index contributed by atoms with van der Waals surface area (Å²) in [6.45, 7) is 5.19. The lowest BCUT2D eigenvalue weighted by molar-refractivity contribution is 0.113. The van der Waals surface area contributed by atoms with Crippen LogP contribution in [0.3, 0.4) is 0 Å². The summed E-state index contributed by atoms with van der Waals surface area (Å²) in [5.74, 6) is 3.08. The molecule has 5 atom stereocenters. The number of hydrogen-bond acceptors (Lipinski definition) is 2. The van der Waals surface area contributed by atoms with Crippen LogP contribution in [0.4, 0.5) is 0 Å². The van der Waals surface area contributed by atoms with Crippen molar-refractivity contribution in [1.29, 1.82) is 0 Å². The van der Waals surface area contributed by atoms with Crippen LogP contribution in [0.1, 0.15) is 51.9 Å². The summed E-state index contributed by atoms with van der Waals surface area (Å²) >= 11 is 0. The highest BCUT2D eigenvalue weighted by Crippen LogP contribution is 2.41. The van der Waals surface area contributed by atoms with Crippen molar-refractivity contribution in [2.24, 2.45) is 17.8 Å². The van der Waals surface area contributed by atoms with Crippen molar-refractivity contribution < 1.29 is 0 Å². The molecule has 0 spiro atoms. The van der Waals surface area contributed by atoms with E-state index < -0.39 is 0 Å². The van der Waals surface area contributed by atoms with Gasteiger partial charge in [0.2, 0.25) is 0 Å². The van der Waals surface area contributed by atoms with Crippen molar-refractivity contribution in [3.05, 3.63) is 0 Å². The Bertz CT molecular complexity index is 266. The predicted molar refractivity (Wildman–Crippen MR) is 76.7 cm³/mol. The van der Waals surface area contributed by atoms with Gasteiger partial charge in [0.1, 0.15) is 0 Å². The molecule has 3 aliphatic rings. The fourth-order valence-electron chi connectivity index (χ4n) is 4.88. The van der Waals surface area contributed by atoms with Crippen molar-refractivity contribution in [3.63, 3.8) is 0 Å². The molecule has 1 N–H and O–H groups in total. The Labute approximate surface area is 113 Å². The van der Waals surface area contributed by atoms with Gasteiger partial charge in [0.15, 0.2) is 0 Å². The molecule has 1 aliphatic heterocycles. The molecule has 3 fully saturated rings. The van der Waals surface area contributed by atoms with Gasteiger partial charge < -0.3 is 5.32 Å². The zero-order valence-electron chi connectivity index (χ0n) is 12.2. The summed E-state index contributed by atoms with van der Waals surface area (Å²) in [7, 11) is 2.17. The topological polar surface area (TPSA) is 15.3 Å². The molecule has 0 aromatic carbocycles. The fraction of sp³-hybridized carbons (Fsp3) is 1.00. The van der Waals surface area contributed by atoms with Gasteiger partial charge in [0, 0.05) is 25.2 Å². The molecule has 1 saturated heterocycles. The maximum absolute atomic E-state index is 3.60. The largest absolute Gasteiger partial charge is 0.315 e. The Morgan fingerprint density at radius 3 is 2.39 bits per heavy atom. The summed E-state index contributed by atoms with van der Waals surface area (Å²) in [5.41, 5.74) is 0. The number of likely N-dealkylation sites (N-methyl/N-ethyl adjacent to an activating group) is 1. The number of hydrogen-bond donors (Lipinski definition) is 1. The van der Waals surface area contributed by atoms with Gasteiger partial charge in [-0.25, -0.2) is 0 Å². The molecule has 18 heavy (non-hydrogen) atoms. The minimum atomic E-state index is 0.756. The first-order valence-corrected chi connectivity index (χ1v) is 8.23. The summed E-state index contributed by atoms with van der Waals surface area (Å²) < 4.78 is 0. The molecule has 0 aromatic rings. The highest BCUT2D eigenvalue weighted by Gasteiger charge is 2.42. The zero-order valence-corrected chi connectivity index (χ0v) is 12.2. The molecular weight excluding hydrogens is 220 g/mol. The van der Waals surface area contributed by atoms with Crippen LogP contribution in [0.15, 0.2) is 0 Å². The van der Waals surface area contributed by atoms with Gasteiger partial charge in [-0.2, -0.15) is 0 Å². The highest BCUT2D eigenvalue weighted by atomic mass is 15.2. The van der Waals surface area contributed by atoms with E-state index >= 15 is 0 Å². The zero-order chi connectivity index (χ0) is 12.5. The summed E-state index contributed by atoms with van der Waals surface area (Å²) in [4.78, 5) is 2.86. The molecule has 3 rings (SSSR count). The van der Waals surface area contributed by atoms with E-state index in [1.54, 1.807) is 0 Å². The molecule has 1 heterocycles. The van der Waals surface area contributed by atoms with Gasteiger partial charge in [-0.05, 0) is 56.9 Å². The van der Waals surface area contributed by atoms with E-state index in [2.05, 4.69) is 24.2 Å². The van der Waals surface area contributed by atoms with Crippen LogP contribution < -0.4 is 5.32 Å². The van der Waals surface area contributed by atoms with Gasteiger partial charge >= 0.3 is 0 Å². The molecule has 2 heteroatoms. The van der Waals surface area contributed by atoms with E-state index in [0.29, 0.717) is 0 Å². The predicted octanol–water partition coefficient (Wildman–Crippen LogP) is 2.89. The highest BCUT2D eigenvalue weighted by molar-refractivity contribution is 4.97. The minimum Gasteiger partial charge on any atom is -0.315 e. The van der Waals surface area contributed by atoms with E-state index in [-0.39, 0.29) is 0 Å². The summed E-state index contributed by atoms with van der Waals surface area (Å²) in [6.07, 6.45) is 10.2. The average molecular weight is 250 g/mol. The van der Waals surface area contributed by atoms with E-state index in [1.807, 2.05) is 0 Å². The first kappa shape index (κ1) is 12.9. The van der Waals surface area contributed by atoms with E-state index in [0.717, 1.165) is 29.8 Å². The van der Waals surface area contributed by atoms with Crippen LogP contribution in [0.2, 0.25) is 0 Å². The third-order valence-electron chi connectivity index (χ3n) is 6.10. The molecule has 5 unspecified atom stereocenters. The van der Waals surface area contributed by atoms with E-state index in [1.165, 1.54) is 58.0 Å². The smallest absolute Gasteiger partial charge is 0.0252 e. The molecule has 0 amide bonds. The van der Waals surface area contributed by atoms with Gasteiger partial charge in [0.25, 0.3) is 0 Å². The third kappa shape index (κ3) is 2.34. The van der Waals surface area contributed by atoms with Crippen LogP contribution in [-0.2, 0) is 0 Å². The molecule has 0 aromatic heterocycles. The standard InChI is InChI=1S/C16H30N2/c1-3-12-7-8-15(17-2)16(9-12)18-10-13-5-4-6-14(13)11-18/h12-17H,3-11H2,1-2H3. The van der Waals surface area contributed by atoms with Gasteiger partial charge in [0.05, 0.1) is 0 Å². The number of nitrogens with one attached hydrogen (secondary N) is 1. The average Bonchev–Trinajstić information content (AvgIpc) is 2.98. The van der Waals surface area contributed by atoms with E-state index in [9.17, 15) is 0 Å². The Hall–Kier alpha value is -0.0800. The van der Waals surface area contributed by atoms with Crippen LogP contribution in [-0.4, -0.2) is 37.1 Å². The quantitative estimate of drug-likeness (QED) is 0.828. The molecule has 2 saturated carbocycles. The summed E-state index contributed by atoms with van der Waals surface area (Å²) in [5, 5.41) is 3.60. The fourth-order valence-corrected chi connectivity index (χ4v) is 4.88. The van der Waals surface area contributed by atoms with Crippen LogP contribution in [0.25, 0.3) is 0 Å². The first-order valence-electron chi connectivity index (χ1n) is 8.23. The van der Waals surface area contributed by atoms with Crippen molar-refractivity contribution in [1.82, 2.24) is 10.2 Å². The van der Waals surface area contributed by atoms with Crippen molar-refractivity contribution in [3.8, 4) is 0 Å². The second-order valence-corrected chi connectivity index (χ2v) is 6.95. The summed E-state index contributed by atoms with van der Waals surface area (Å²) in [6, 6.07) is 1.59. The number of rotatable bonds is 3. The minimum absolute atomic E-state index is 0.756. The molecule has 0 radical (unpaired) electrons. The SMILES string of the molecule is CCC1CCC(NC)C(N2CC3CCCC3C2)C1. The van der Waals surface area contributed by atoms with Gasteiger partial charge in [-0.15, -0.1) is 0 Å².